The minimum atomic E-state index is 0.624. The molecule has 0 aromatic carbocycles. The minimum absolute atomic E-state index is 0.624. The fourth-order valence-corrected chi connectivity index (χ4v) is 0.592. The highest BCUT2D eigenvalue weighted by Crippen LogP contribution is 1.70. The summed E-state index contributed by atoms with van der Waals surface area (Å²) in [6, 6.07) is 0. The van der Waals surface area contributed by atoms with Gasteiger partial charge in [0.2, 0.25) is 0 Å². The monoisotopic (exact) mass is 143 g/mol. The Morgan fingerprint density at radius 3 is 2.60 bits per heavy atom. The second kappa shape index (κ2) is 8.62. The Morgan fingerprint density at radius 1 is 1.20 bits per heavy atom. The fraction of sp³-hybridized carbons (Fsp3) is 0.714. The van der Waals surface area contributed by atoms with Crippen LogP contribution in [-0.4, -0.2) is 26.2 Å². The zero-order valence-corrected chi connectivity index (χ0v) is 6.34. The summed E-state index contributed by atoms with van der Waals surface area (Å²) in [6.45, 7) is 3.27. The number of rotatable bonds is 6. The van der Waals surface area contributed by atoms with Crippen LogP contribution in [0.4, 0.5) is 0 Å². The van der Waals surface area contributed by atoms with Crippen LogP contribution < -0.4 is 16.8 Å². The number of nitrogens with one attached hydrogen (secondary N) is 1. The Hall–Kier alpha value is -0.380. The standard InChI is InChI=1S/C7H17N3/c8-4-1-2-6-10-7-3-5-9/h1-2,10H,3-9H2/b2-1-. The van der Waals surface area contributed by atoms with Crippen LogP contribution in [0.5, 0.6) is 0 Å². The summed E-state index contributed by atoms with van der Waals surface area (Å²) < 4.78 is 0. The molecule has 0 aromatic rings. The summed E-state index contributed by atoms with van der Waals surface area (Å²) >= 11 is 0. The van der Waals surface area contributed by atoms with E-state index in [1.807, 2.05) is 12.2 Å². The van der Waals surface area contributed by atoms with Gasteiger partial charge in [0.25, 0.3) is 0 Å². The summed E-state index contributed by atoms with van der Waals surface area (Å²) in [6.07, 6.45) is 5.00. The van der Waals surface area contributed by atoms with Crippen LogP contribution in [0.15, 0.2) is 12.2 Å². The van der Waals surface area contributed by atoms with Crippen LogP contribution >= 0.6 is 0 Å². The second-order valence-electron chi connectivity index (χ2n) is 2.05. The number of hydrogen-bond acceptors (Lipinski definition) is 3. The normalized spacial score (nSPS) is 11.0. The van der Waals surface area contributed by atoms with Gasteiger partial charge in [0, 0.05) is 13.1 Å². The maximum Gasteiger partial charge on any atom is 0.0135 e. The molecule has 60 valence electrons. The van der Waals surface area contributed by atoms with Gasteiger partial charge in [-0.3, -0.25) is 0 Å². The van der Waals surface area contributed by atoms with Gasteiger partial charge in [-0.25, -0.2) is 0 Å². The molecule has 0 rings (SSSR count). The Morgan fingerprint density at radius 2 is 2.00 bits per heavy atom. The third kappa shape index (κ3) is 7.62. The zero-order valence-electron chi connectivity index (χ0n) is 6.34. The van der Waals surface area contributed by atoms with Gasteiger partial charge >= 0.3 is 0 Å². The van der Waals surface area contributed by atoms with Crippen molar-refractivity contribution in [3.63, 3.8) is 0 Å². The smallest absolute Gasteiger partial charge is 0.0135 e. The number of nitrogens with two attached hydrogens (primary N) is 2. The Bertz CT molecular complexity index is 80.9. The van der Waals surface area contributed by atoms with E-state index >= 15 is 0 Å². The highest BCUT2D eigenvalue weighted by Gasteiger charge is 1.80. The average molecular weight is 143 g/mol. The van der Waals surface area contributed by atoms with Crippen LogP contribution in [0.25, 0.3) is 0 Å². The van der Waals surface area contributed by atoms with Crippen molar-refractivity contribution in [1.82, 2.24) is 5.32 Å². The van der Waals surface area contributed by atoms with E-state index < -0.39 is 0 Å². The fourth-order valence-electron chi connectivity index (χ4n) is 0.592. The van der Waals surface area contributed by atoms with E-state index in [2.05, 4.69) is 5.32 Å². The molecule has 0 aliphatic rings. The minimum Gasteiger partial charge on any atom is -0.330 e. The van der Waals surface area contributed by atoms with Gasteiger partial charge in [0.05, 0.1) is 0 Å². The van der Waals surface area contributed by atoms with Crippen molar-refractivity contribution in [2.24, 2.45) is 11.5 Å². The van der Waals surface area contributed by atoms with E-state index in [4.69, 9.17) is 11.5 Å². The van der Waals surface area contributed by atoms with Crippen molar-refractivity contribution >= 4 is 0 Å². The summed E-state index contributed by atoms with van der Waals surface area (Å²) in [5.74, 6) is 0. The van der Waals surface area contributed by atoms with Crippen LogP contribution in [0.1, 0.15) is 6.42 Å². The molecule has 10 heavy (non-hydrogen) atoms. The van der Waals surface area contributed by atoms with E-state index in [-0.39, 0.29) is 0 Å². The highest BCUT2D eigenvalue weighted by atomic mass is 14.8. The lowest BCUT2D eigenvalue weighted by atomic mass is 10.4. The van der Waals surface area contributed by atoms with Crippen molar-refractivity contribution in [2.75, 3.05) is 26.2 Å². The summed E-state index contributed by atoms with van der Waals surface area (Å²) in [7, 11) is 0. The molecular weight excluding hydrogens is 126 g/mol. The third-order valence-electron chi connectivity index (χ3n) is 1.12. The van der Waals surface area contributed by atoms with Gasteiger partial charge in [-0.15, -0.1) is 0 Å². The molecule has 0 amide bonds. The van der Waals surface area contributed by atoms with Crippen molar-refractivity contribution in [2.45, 2.75) is 6.42 Å². The number of hydrogen-bond donors (Lipinski definition) is 3. The molecule has 0 aliphatic heterocycles. The molecule has 0 saturated heterocycles. The molecule has 0 spiro atoms. The van der Waals surface area contributed by atoms with E-state index in [9.17, 15) is 0 Å². The van der Waals surface area contributed by atoms with E-state index in [1.54, 1.807) is 0 Å². The topological polar surface area (TPSA) is 64.1 Å². The maximum atomic E-state index is 5.29. The van der Waals surface area contributed by atoms with E-state index in [0.717, 1.165) is 26.1 Å². The third-order valence-corrected chi connectivity index (χ3v) is 1.12. The first-order valence-electron chi connectivity index (χ1n) is 3.67. The van der Waals surface area contributed by atoms with Crippen molar-refractivity contribution in [3.8, 4) is 0 Å². The predicted molar refractivity (Wildman–Crippen MR) is 44.7 cm³/mol. The summed E-state index contributed by atoms with van der Waals surface area (Å²) in [4.78, 5) is 0. The Balaban J connectivity index is 2.83. The van der Waals surface area contributed by atoms with Gasteiger partial charge in [-0.05, 0) is 19.5 Å². The highest BCUT2D eigenvalue weighted by molar-refractivity contribution is 4.84. The quantitative estimate of drug-likeness (QED) is 0.345. The molecule has 3 heteroatoms. The largest absolute Gasteiger partial charge is 0.330 e. The van der Waals surface area contributed by atoms with Gasteiger partial charge in [0.15, 0.2) is 0 Å². The summed E-state index contributed by atoms with van der Waals surface area (Å²) in [5.41, 5.74) is 10.5. The van der Waals surface area contributed by atoms with E-state index in [1.165, 1.54) is 0 Å². The predicted octanol–water partition coefficient (Wildman–Crippen LogP) is -0.560. The molecule has 0 aliphatic carbocycles. The lowest BCUT2D eigenvalue weighted by Crippen LogP contribution is -2.18. The lowest BCUT2D eigenvalue weighted by Gasteiger charge is -1.97. The van der Waals surface area contributed by atoms with Gasteiger partial charge in [-0.1, -0.05) is 12.2 Å². The van der Waals surface area contributed by atoms with Crippen molar-refractivity contribution < 1.29 is 0 Å². The molecule has 0 unspecified atom stereocenters. The lowest BCUT2D eigenvalue weighted by molar-refractivity contribution is 0.699. The molecule has 3 nitrogen and oxygen atoms in total. The molecule has 0 saturated carbocycles. The van der Waals surface area contributed by atoms with Crippen LogP contribution in [-0.2, 0) is 0 Å². The first kappa shape index (κ1) is 9.62. The molecular formula is C7H17N3. The second-order valence-corrected chi connectivity index (χ2v) is 2.05. The van der Waals surface area contributed by atoms with Crippen LogP contribution in [0.3, 0.4) is 0 Å². The molecule has 0 aromatic heterocycles. The SMILES string of the molecule is NC/C=C\CNCCCN. The molecule has 0 atom stereocenters. The first-order chi connectivity index (χ1) is 4.91. The van der Waals surface area contributed by atoms with Crippen molar-refractivity contribution in [3.05, 3.63) is 12.2 Å². The Labute approximate surface area is 62.5 Å². The molecule has 0 radical (unpaired) electrons. The van der Waals surface area contributed by atoms with Crippen LogP contribution in [0.2, 0.25) is 0 Å². The summed E-state index contributed by atoms with van der Waals surface area (Å²) in [5, 5.41) is 3.20. The van der Waals surface area contributed by atoms with Gasteiger partial charge < -0.3 is 16.8 Å². The van der Waals surface area contributed by atoms with Crippen LogP contribution in [0, 0.1) is 0 Å². The van der Waals surface area contributed by atoms with Gasteiger partial charge in [-0.2, -0.15) is 0 Å². The zero-order chi connectivity index (χ0) is 7.66. The maximum absolute atomic E-state index is 5.29. The molecule has 5 N–H and O–H groups in total. The molecule has 0 fully saturated rings. The molecule has 0 heterocycles. The average Bonchev–Trinajstić information content (AvgIpc) is 1.97. The molecule has 0 bridgehead atoms. The van der Waals surface area contributed by atoms with E-state index in [0.29, 0.717) is 6.54 Å². The Kier molecular flexibility index (Phi) is 8.29. The van der Waals surface area contributed by atoms with Gasteiger partial charge in [0.1, 0.15) is 0 Å². The first-order valence-corrected chi connectivity index (χ1v) is 3.67. The van der Waals surface area contributed by atoms with Crippen molar-refractivity contribution in [1.29, 1.82) is 0 Å².